The van der Waals surface area contributed by atoms with Gasteiger partial charge >= 0.3 is 5.97 Å². The fourth-order valence-corrected chi connectivity index (χ4v) is 9.13. The van der Waals surface area contributed by atoms with Gasteiger partial charge in [-0.15, -0.1) is 11.8 Å². The lowest BCUT2D eigenvalue weighted by atomic mass is 9.75. The molecule has 1 N–H and O–H groups in total. The summed E-state index contributed by atoms with van der Waals surface area (Å²) in [7, 11) is 0. The summed E-state index contributed by atoms with van der Waals surface area (Å²) >= 11 is 1.52. The minimum Gasteiger partial charge on any atom is -0.461 e. The number of likely N-dealkylation sites (tertiary alicyclic amines) is 1. The summed E-state index contributed by atoms with van der Waals surface area (Å²) in [5.41, 5.74) is 0.750. The van der Waals surface area contributed by atoms with Crippen LogP contribution in [0.5, 0.6) is 0 Å². The van der Waals surface area contributed by atoms with E-state index in [4.69, 9.17) is 9.47 Å². The van der Waals surface area contributed by atoms with Crippen LogP contribution in [-0.4, -0.2) is 112 Å². The van der Waals surface area contributed by atoms with Crippen LogP contribution in [0.3, 0.4) is 0 Å². The molecule has 1 aromatic rings. The Balaban J connectivity index is 1.42. The third kappa shape index (κ3) is 4.32. The minimum atomic E-state index is -0.968. The van der Waals surface area contributed by atoms with E-state index < -0.39 is 39.4 Å². The van der Waals surface area contributed by atoms with Crippen molar-refractivity contribution < 1.29 is 29.0 Å². The summed E-state index contributed by atoms with van der Waals surface area (Å²) in [6.07, 6.45) is 7.78. The number of amides is 2. The lowest BCUT2D eigenvalue weighted by Gasteiger charge is -2.40. The Hall–Kier alpha value is -2.66. The first-order chi connectivity index (χ1) is 18.9. The number of hydrogen-bond acceptors (Lipinski definition) is 8. The molecular weight excluding hydrogens is 518 g/mol. The molecule has 6 atom stereocenters. The van der Waals surface area contributed by atoms with Crippen molar-refractivity contribution in [3.8, 4) is 0 Å². The molecule has 0 radical (unpaired) electrons. The maximum Gasteiger partial charge on any atom is 0.311 e. The fraction of sp³-hybridized carbons (Fsp3) is 0.552. The number of rotatable bonds is 6. The van der Waals surface area contributed by atoms with E-state index in [1.54, 1.807) is 4.90 Å². The third-order valence-electron chi connectivity index (χ3n) is 8.82. The number of aliphatic hydroxyl groups excluding tert-OH is 1. The zero-order chi connectivity index (χ0) is 27.2. The molecule has 3 fully saturated rings. The van der Waals surface area contributed by atoms with Crippen LogP contribution >= 0.6 is 11.8 Å². The number of esters is 1. The lowest BCUT2D eigenvalue weighted by molar-refractivity contribution is -0.153. The number of aliphatic hydroxyl groups is 1. The monoisotopic (exact) mass is 553 g/mol. The van der Waals surface area contributed by atoms with Gasteiger partial charge in [-0.2, -0.15) is 0 Å². The molecule has 6 rings (SSSR count). The number of ether oxygens (including phenoxy) is 2. The van der Waals surface area contributed by atoms with Crippen molar-refractivity contribution in [2.75, 3.05) is 59.2 Å². The van der Waals surface area contributed by atoms with Crippen LogP contribution in [0.2, 0.25) is 0 Å². The standard InChI is InChI=1S/C29H35N3O6S/c1-28-9-6-16-38-27(36)23(28)22-25(34)32(21(19-33)20-7-3-2-4-8-20)24-26(35)31(11-5-10-29(22,24)39-28)13-12-30-14-17-37-18-15-30/h2-10,21-24,33H,11-19H2,1H3/t21-,22+,23+,24?,28-,29+/m1/s1. The Morgan fingerprint density at radius 2 is 1.79 bits per heavy atom. The first-order valence-electron chi connectivity index (χ1n) is 13.7. The highest BCUT2D eigenvalue weighted by atomic mass is 32.2. The maximum atomic E-state index is 14.5. The number of benzene rings is 1. The average Bonchev–Trinajstić information content (AvgIpc) is 3.21. The van der Waals surface area contributed by atoms with Gasteiger partial charge in [0.25, 0.3) is 0 Å². The van der Waals surface area contributed by atoms with Crippen molar-refractivity contribution in [1.29, 1.82) is 0 Å². The van der Waals surface area contributed by atoms with Crippen LogP contribution in [0.25, 0.3) is 0 Å². The number of nitrogens with zero attached hydrogens (tertiary/aromatic N) is 3. The number of thioether (sulfide) groups is 1. The highest BCUT2D eigenvalue weighted by molar-refractivity contribution is 8.02. The van der Waals surface area contributed by atoms with E-state index in [2.05, 4.69) is 4.90 Å². The number of hydrogen-bond donors (Lipinski definition) is 1. The molecule has 208 valence electrons. The zero-order valence-corrected chi connectivity index (χ0v) is 22.9. The van der Waals surface area contributed by atoms with Crippen LogP contribution in [0.15, 0.2) is 54.6 Å². The summed E-state index contributed by atoms with van der Waals surface area (Å²) in [6.45, 7) is 6.46. The molecule has 1 spiro atoms. The maximum absolute atomic E-state index is 14.5. The van der Waals surface area contributed by atoms with Gasteiger partial charge in [-0.05, 0) is 18.6 Å². The second-order valence-electron chi connectivity index (χ2n) is 11.0. The highest BCUT2D eigenvalue weighted by Gasteiger charge is 2.74. The molecule has 5 heterocycles. The van der Waals surface area contributed by atoms with E-state index in [1.807, 2.05) is 66.5 Å². The van der Waals surface area contributed by atoms with Crippen LogP contribution in [-0.2, 0) is 23.9 Å². The van der Waals surface area contributed by atoms with Gasteiger partial charge < -0.3 is 24.4 Å². The first-order valence-corrected chi connectivity index (χ1v) is 14.5. The van der Waals surface area contributed by atoms with Crippen molar-refractivity contribution in [1.82, 2.24) is 14.7 Å². The Kier molecular flexibility index (Phi) is 7.07. The predicted molar refractivity (Wildman–Crippen MR) is 146 cm³/mol. The van der Waals surface area contributed by atoms with Gasteiger partial charge in [0.15, 0.2) is 0 Å². The largest absolute Gasteiger partial charge is 0.461 e. The zero-order valence-electron chi connectivity index (χ0n) is 22.1. The van der Waals surface area contributed by atoms with E-state index in [-0.39, 0.29) is 25.0 Å². The number of carbonyl (C=O) groups excluding carboxylic acids is 3. The number of carbonyl (C=O) groups is 3. The molecule has 10 heteroatoms. The van der Waals surface area contributed by atoms with Gasteiger partial charge in [-0.3, -0.25) is 19.3 Å². The van der Waals surface area contributed by atoms with E-state index >= 15 is 0 Å². The molecule has 0 bridgehead atoms. The van der Waals surface area contributed by atoms with Crippen LogP contribution in [0, 0.1) is 11.8 Å². The van der Waals surface area contributed by atoms with E-state index in [0.717, 1.165) is 18.7 Å². The van der Waals surface area contributed by atoms with Crippen molar-refractivity contribution >= 4 is 29.5 Å². The molecule has 0 saturated carbocycles. The Morgan fingerprint density at radius 3 is 2.54 bits per heavy atom. The van der Waals surface area contributed by atoms with Gasteiger partial charge in [-0.1, -0.05) is 48.6 Å². The van der Waals surface area contributed by atoms with E-state index in [1.165, 1.54) is 11.8 Å². The first kappa shape index (κ1) is 26.6. The number of morpholine rings is 1. The minimum absolute atomic E-state index is 0.150. The van der Waals surface area contributed by atoms with Crippen LogP contribution in [0.1, 0.15) is 18.5 Å². The second-order valence-corrected chi connectivity index (χ2v) is 12.8. The van der Waals surface area contributed by atoms with Gasteiger partial charge in [0.05, 0.1) is 42.4 Å². The quantitative estimate of drug-likeness (QED) is 0.415. The fourth-order valence-electron chi connectivity index (χ4n) is 6.99. The second kappa shape index (κ2) is 10.4. The summed E-state index contributed by atoms with van der Waals surface area (Å²) in [5.74, 6) is -2.38. The Labute approximate surface area is 232 Å². The summed E-state index contributed by atoms with van der Waals surface area (Å²) in [6, 6.07) is 7.74. The Bertz CT molecular complexity index is 1190. The molecule has 1 aromatic carbocycles. The van der Waals surface area contributed by atoms with Crippen LogP contribution < -0.4 is 0 Å². The molecule has 3 saturated heterocycles. The lowest BCUT2D eigenvalue weighted by Crippen LogP contribution is -2.55. The molecule has 5 aliphatic heterocycles. The molecule has 39 heavy (non-hydrogen) atoms. The molecule has 1 unspecified atom stereocenters. The average molecular weight is 554 g/mol. The molecule has 0 aliphatic carbocycles. The topological polar surface area (TPSA) is 99.6 Å². The predicted octanol–water partition coefficient (Wildman–Crippen LogP) is 1.25. The van der Waals surface area contributed by atoms with Gasteiger partial charge in [0, 0.05) is 37.5 Å². The molecular formula is C29H35N3O6S. The summed E-state index contributed by atoms with van der Waals surface area (Å²) < 4.78 is 9.31. The third-order valence-corrected chi connectivity index (χ3v) is 10.6. The normalized spacial score (nSPS) is 35.2. The highest BCUT2D eigenvalue weighted by Crippen LogP contribution is 2.66. The molecule has 5 aliphatic rings. The number of fused-ring (bicyclic) bond motifs is 2. The van der Waals surface area contributed by atoms with Crippen molar-refractivity contribution in [2.24, 2.45) is 11.8 Å². The Morgan fingerprint density at radius 1 is 1.03 bits per heavy atom. The van der Waals surface area contributed by atoms with Crippen molar-refractivity contribution in [3.05, 3.63) is 60.2 Å². The molecule has 0 aromatic heterocycles. The number of cyclic esters (lactones) is 1. The van der Waals surface area contributed by atoms with Crippen molar-refractivity contribution in [3.63, 3.8) is 0 Å². The van der Waals surface area contributed by atoms with Crippen LogP contribution in [0.4, 0.5) is 0 Å². The smallest absolute Gasteiger partial charge is 0.311 e. The van der Waals surface area contributed by atoms with E-state index in [9.17, 15) is 19.5 Å². The van der Waals surface area contributed by atoms with Crippen molar-refractivity contribution in [2.45, 2.75) is 28.5 Å². The summed E-state index contributed by atoms with van der Waals surface area (Å²) in [4.78, 5) is 48.0. The van der Waals surface area contributed by atoms with Gasteiger partial charge in [0.2, 0.25) is 11.8 Å². The van der Waals surface area contributed by atoms with Gasteiger partial charge in [-0.25, -0.2) is 0 Å². The SMILES string of the molecule is C[C@@]12C=CCOC(=O)[C@@H]1[C@H]1C(=O)N([C@H](CO)c3ccccc3)C3C(=O)N(CCN4CCOCC4)CC=C[C@@]31S2. The molecule has 2 amide bonds. The summed E-state index contributed by atoms with van der Waals surface area (Å²) in [5, 5.41) is 10.6. The van der Waals surface area contributed by atoms with E-state index in [0.29, 0.717) is 32.8 Å². The molecule has 9 nitrogen and oxygen atoms in total. The van der Waals surface area contributed by atoms with Gasteiger partial charge in [0.1, 0.15) is 12.6 Å².